The van der Waals surface area contributed by atoms with E-state index < -0.39 is 33.8 Å². The lowest BCUT2D eigenvalue weighted by atomic mass is 9.99. The summed E-state index contributed by atoms with van der Waals surface area (Å²) in [7, 11) is 0. The number of nitrogens with zero attached hydrogens (tertiary/aromatic N) is 2. The van der Waals surface area contributed by atoms with Crippen molar-refractivity contribution >= 4 is 5.69 Å². The fourth-order valence-electron chi connectivity index (χ4n) is 2.07. The zero-order valence-electron chi connectivity index (χ0n) is 12.0. The number of alkyl halides is 3. The normalized spacial score (nSPS) is 11.0. The van der Waals surface area contributed by atoms with Crippen LogP contribution in [0.25, 0.3) is 11.1 Å². The van der Waals surface area contributed by atoms with E-state index in [9.17, 15) is 28.1 Å². The molecule has 10 heteroatoms. The molecule has 0 amide bonds. The predicted molar refractivity (Wildman–Crippen MR) is 75.3 cm³/mol. The lowest BCUT2D eigenvalue weighted by Gasteiger charge is -2.14. The second kappa shape index (κ2) is 6.04. The van der Waals surface area contributed by atoms with Crippen LogP contribution in [0.15, 0.2) is 29.1 Å². The third-order valence-corrected chi connectivity index (χ3v) is 2.97. The fourth-order valence-corrected chi connectivity index (χ4v) is 2.07. The van der Waals surface area contributed by atoms with Crippen LogP contribution < -0.4 is 10.3 Å². The van der Waals surface area contributed by atoms with Gasteiger partial charge in [-0.15, -0.1) is 13.2 Å². The van der Waals surface area contributed by atoms with Crippen LogP contribution in [0.3, 0.4) is 0 Å². The number of non-ortho nitro benzene ring substituents is 1. The molecule has 0 atom stereocenters. The number of benzene rings is 1. The maximum absolute atomic E-state index is 12.5. The maximum atomic E-state index is 12.5. The highest BCUT2D eigenvalue weighted by molar-refractivity contribution is 5.77. The first-order valence-corrected chi connectivity index (χ1v) is 6.31. The van der Waals surface area contributed by atoms with Crippen molar-refractivity contribution in [1.29, 1.82) is 5.26 Å². The molecular weight excluding hydrogens is 331 g/mol. The number of hydrogen-bond acceptors (Lipinski definition) is 5. The highest BCUT2D eigenvalue weighted by Crippen LogP contribution is 2.37. The molecule has 1 heterocycles. The number of nitriles is 1. The molecule has 2 aromatic rings. The number of nitro groups is 1. The second-order valence-corrected chi connectivity index (χ2v) is 4.67. The quantitative estimate of drug-likeness (QED) is 0.683. The monoisotopic (exact) mass is 339 g/mol. The molecule has 24 heavy (non-hydrogen) atoms. The van der Waals surface area contributed by atoms with Crippen molar-refractivity contribution in [1.82, 2.24) is 4.98 Å². The molecular formula is C14H8F3N3O4. The summed E-state index contributed by atoms with van der Waals surface area (Å²) in [6.45, 7) is 1.45. The van der Waals surface area contributed by atoms with Gasteiger partial charge in [0.15, 0.2) is 0 Å². The summed E-state index contributed by atoms with van der Waals surface area (Å²) in [5.74, 6) is -0.755. The Morgan fingerprint density at radius 1 is 1.29 bits per heavy atom. The lowest BCUT2D eigenvalue weighted by Crippen LogP contribution is -2.18. The molecule has 0 spiro atoms. The Kier molecular flexibility index (Phi) is 4.28. The molecule has 1 N–H and O–H groups in total. The molecule has 0 saturated carbocycles. The molecule has 2 rings (SSSR count). The minimum Gasteiger partial charge on any atom is -0.405 e. The number of hydrogen-bond donors (Lipinski definition) is 1. The van der Waals surface area contributed by atoms with Crippen LogP contribution in [-0.2, 0) is 0 Å². The highest BCUT2D eigenvalue weighted by atomic mass is 19.4. The number of aryl methyl sites for hydroxylation is 1. The van der Waals surface area contributed by atoms with E-state index in [2.05, 4.69) is 9.72 Å². The number of rotatable bonds is 3. The minimum atomic E-state index is -5.05. The first-order valence-electron chi connectivity index (χ1n) is 6.31. The van der Waals surface area contributed by atoms with Crippen LogP contribution in [-0.4, -0.2) is 16.3 Å². The van der Waals surface area contributed by atoms with Gasteiger partial charge in [0, 0.05) is 29.0 Å². The van der Waals surface area contributed by atoms with Crippen LogP contribution in [0, 0.1) is 28.4 Å². The standard InChI is InChI=1S/C14H8F3N3O4/c1-7-4-9(11(6-18)13(21)19-7)10-5-8(20(22)23)2-3-12(10)24-14(15,16)17/h2-5H,1H3,(H,19,21). The second-order valence-electron chi connectivity index (χ2n) is 4.67. The summed E-state index contributed by atoms with van der Waals surface area (Å²) in [5.41, 5.74) is -2.13. The lowest BCUT2D eigenvalue weighted by molar-refractivity contribution is -0.384. The number of pyridine rings is 1. The summed E-state index contributed by atoms with van der Waals surface area (Å²) in [6, 6.07) is 5.22. The van der Waals surface area contributed by atoms with Crippen molar-refractivity contribution in [3.8, 4) is 22.9 Å². The van der Waals surface area contributed by atoms with Gasteiger partial charge >= 0.3 is 6.36 Å². The van der Waals surface area contributed by atoms with Crippen LogP contribution in [0.1, 0.15) is 11.3 Å². The topological polar surface area (TPSA) is 109 Å². The van der Waals surface area contributed by atoms with Crippen molar-refractivity contribution in [2.75, 3.05) is 0 Å². The van der Waals surface area contributed by atoms with E-state index in [1.165, 1.54) is 13.0 Å². The number of aromatic amines is 1. The molecule has 0 bridgehead atoms. The summed E-state index contributed by atoms with van der Waals surface area (Å²) in [5, 5.41) is 20.0. The third-order valence-electron chi connectivity index (χ3n) is 2.97. The Labute approximate surface area is 132 Å². The van der Waals surface area contributed by atoms with Crippen molar-refractivity contribution < 1.29 is 22.8 Å². The van der Waals surface area contributed by atoms with E-state index in [0.717, 1.165) is 18.2 Å². The van der Waals surface area contributed by atoms with Gasteiger partial charge in [-0.1, -0.05) is 0 Å². The Morgan fingerprint density at radius 2 is 1.96 bits per heavy atom. The molecule has 1 aromatic heterocycles. The Bertz CT molecular complexity index is 913. The average Bonchev–Trinajstić information content (AvgIpc) is 2.45. The van der Waals surface area contributed by atoms with E-state index in [0.29, 0.717) is 0 Å². The molecule has 0 unspecified atom stereocenters. The van der Waals surface area contributed by atoms with Gasteiger partial charge in [0.05, 0.1) is 4.92 Å². The molecule has 0 aliphatic rings. The zero-order chi connectivity index (χ0) is 18.1. The Morgan fingerprint density at radius 3 is 2.50 bits per heavy atom. The molecule has 0 aliphatic carbocycles. The smallest absolute Gasteiger partial charge is 0.405 e. The third kappa shape index (κ3) is 3.52. The number of nitrogens with one attached hydrogen (secondary N) is 1. The molecule has 0 aliphatic heterocycles. The van der Waals surface area contributed by atoms with Gasteiger partial charge in [0.2, 0.25) is 0 Å². The predicted octanol–water partition coefficient (Wildman–Crippen LogP) is 3.03. The van der Waals surface area contributed by atoms with Gasteiger partial charge in [0.1, 0.15) is 17.4 Å². The molecule has 0 saturated heterocycles. The van der Waals surface area contributed by atoms with Crippen molar-refractivity contribution in [2.24, 2.45) is 0 Å². The van der Waals surface area contributed by atoms with Crippen LogP contribution in [0.5, 0.6) is 5.75 Å². The Balaban J connectivity index is 2.81. The average molecular weight is 339 g/mol. The zero-order valence-corrected chi connectivity index (χ0v) is 12.0. The molecule has 0 fully saturated rings. The van der Waals surface area contributed by atoms with E-state index in [1.807, 2.05) is 0 Å². The van der Waals surface area contributed by atoms with E-state index in [-0.39, 0.29) is 16.8 Å². The van der Waals surface area contributed by atoms with Crippen molar-refractivity contribution in [3.05, 3.63) is 56.0 Å². The first-order chi connectivity index (χ1) is 11.1. The van der Waals surface area contributed by atoms with Crippen molar-refractivity contribution in [3.63, 3.8) is 0 Å². The molecule has 124 valence electrons. The highest BCUT2D eigenvalue weighted by Gasteiger charge is 2.33. The van der Waals surface area contributed by atoms with Crippen LogP contribution in [0.4, 0.5) is 18.9 Å². The fraction of sp³-hybridized carbons (Fsp3) is 0.143. The van der Waals surface area contributed by atoms with Crippen LogP contribution >= 0.6 is 0 Å². The number of aromatic nitrogens is 1. The van der Waals surface area contributed by atoms with Gasteiger partial charge in [0.25, 0.3) is 11.2 Å². The van der Waals surface area contributed by atoms with Crippen molar-refractivity contribution in [2.45, 2.75) is 13.3 Å². The van der Waals surface area contributed by atoms with Gasteiger partial charge in [-0.05, 0) is 19.1 Å². The molecule has 1 aromatic carbocycles. The van der Waals surface area contributed by atoms with Gasteiger partial charge in [-0.2, -0.15) is 5.26 Å². The maximum Gasteiger partial charge on any atom is 0.573 e. The summed E-state index contributed by atoms with van der Waals surface area (Å²) in [4.78, 5) is 24.2. The number of H-pyrrole nitrogens is 1. The molecule has 7 nitrogen and oxygen atoms in total. The summed E-state index contributed by atoms with van der Waals surface area (Å²) in [6.07, 6.45) is -5.05. The van der Waals surface area contributed by atoms with E-state index >= 15 is 0 Å². The summed E-state index contributed by atoms with van der Waals surface area (Å²) >= 11 is 0. The largest absolute Gasteiger partial charge is 0.573 e. The van der Waals surface area contributed by atoms with Gasteiger partial charge in [-0.25, -0.2) is 0 Å². The van der Waals surface area contributed by atoms with Gasteiger partial charge < -0.3 is 9.72 Å². The van der Waals surface area contributed by atoms with Gasteiger partial charge in [-0.3, -0.25) is 14.9 Å². The summed E-state index contributed by atoms with van der Waals surface area (Å²) < 4.78 is 41.5. The minimum absolute atomic E-state index is 0.193. The Hall–Kier alpha value is -3.35. The number of halogens is 3. The van der Waals surface area contributed by atoms with E-state index in [4.69, 9.17) is 5.26 Å². The SMILES string of the molecule is Cc1cc(-c2cc([N+](=O)[O-])ccc2OC(F)(F)F)c(C#N)c(=O)[nH]1. The van der Waals surface area contributed by atoms with E-state index in [1.54, 1.807) is 6.07 Å². The van der Waals surface area contributed by atoms with Crippen LogP contribution in [0.2, 0.25) is 0 Å². The number of ether oxygens (including phenoxy) is 1. The first kappa shape index (κ1) is 17.0. The molecule has 0 radical (unpaired) electrons. The number of nitro benzene ring substituents is 1.